The molecule has 0 atom stereocenters. The van der Waals surface area contributed by atoms with Gasteiger partial charge in [-0.25, -0.2) is 0 Å². The average Bonchev–Trinajstić information content (AvgIpc) is 2.25. The van der Waals surface area contributed by atoms with Crippen LogP contribution in [0, 0.1) is 25.6 Å². The van der Waals surface area contributed by atoms with Crippen molar-refractivity contribution in [1.82, 2.24) is 0 Å². The van der Waals surface area contributed by atoms with Gasteiger partial charge < -0.3 is 0 Å². The van der Waals surface area contributed by atoms with Gasteiger partial charge in [-0.3, -0.25) is 29.3 Å². The molecule has 1 aromatic rings. The number of diazo groups is 1. The molecule has 13 heteroatoms. The van der Waals surface area contributed by atoms with Crippen molar-refractivity contribution in [2.45, 2.75) is 0 Å². The third kappa shape index (κ3) is 6.58. The Kier molecular flexibility index (Phi) is 5.41. The number of nitro groups is 2. The molecule has 19 heavy (non-hydrogen) atoms. The van der Waals surface area contributed by atoms with Gasteiger partial charge in [-0.1, -0.05) is 0 Å². The highest BCUT2D eigenvalue weighted by atomic mass is 32.3. The molecule has 1 aromatic carbocycles. The summed E-state index contributed by atoms with van der Waals surface area (Å²) in [6, 6.07) is 2.74. The highest BCUT2D eigenvalue weighted by Gasteiger charge is 2.27. The Hall–Kier alpha value is -2.69. The zero-order chi connectivity index (χ0) is 15.2. The molecule has 0 aliphatic carbocycles. The topological polar surface area (TPSA) is 189 Å². The Bertz CT molecular complexity index is 640. The first-order chi connectivity index (χ1) is 8.56. The van der Waals surface area contributed by atoms with E-state index in [4.69, 9.17) is 22.9 Å². The maximum atomic E-state index is 10.4. The molecular formula is C6H5N4O8S+. The van der Waals surface area contributed by atoms with Crippen molar-refractivity contribution in [3.8, 4) is 0 Å². The number of nitro benzene ring substituents is 2. The fourth-order valence-corrected chi connectivity index (χ4v) is 0.856. The minimum Gasteiger partial charge on any atom is -0.264 e. The van der Waals surface area contributed by atoms with E-state index in [-0.39, 0.29) is 5.69 Å². The van der Waals surface area contributed by atoms with Crippen LogP contribution in [0.3, 0.4) is 0 Å². The smallest absolute Gasteiger partial charge is 0.264 e. The zero-order valence-electron chi connectivity index (χ0n) is 8.77. The second-order valence-corrected chi connectivity index (χ2v) is 3.63. The van der Waals surface area contributed by atoms with Crippen molar-refractivity contribution in [1.29, 1.82) is 5.39 Å². The summed E-state index contributed by atoms with van der Waals surface area (Å²) in [6.45, 7) is 0. The fraction of sp³-hybridized carbons (Fsp3) is 0. The molecule has 0 unspecified atom stereocenters. The molecule has 1 rings (SSSR count). The fourth-order valence-electron chi connectivity index (χ4n) is 0.856. The second kappa shape index (κ2) is 6.30. The molecule has 102 valence electrons. The van der Waals surface area contributed by atoms with E-state index < -0.39 is 31.6 Å². The third-order valence-corrected chi connectivity index (χ3v) is 1.47. The van der Waals surface area contributed by atoms with Crippen LogP contribution in [-0.2, 0) is 10.4 Å². The van der Waals surface area contributed by atoms with Crippen LogP contribution in [0.2, 0.25) is 0 Å². The predicted octanol–water partition coefficient (Wildman–Crippen LogP) is 1.33. The van der Waals surface area contributed by atoms with Gasteiger partial charge in [0.2, 0.25) is 5.39 Å². The molecule has 0 aliphatic rings. The van der Waals surface area contributed by atoms with E-state index in [1.807, 2.05) is 0 Å². The lowest BCUT2D eigenvalue weighted by atomic mass is 10.2. The molecular weight excluding hydrogens is 288 g/mol. The van der Waals surface area contributed by atoms with E-state index in [0.717, 1.165) is 18.2 Å². The zero-order valence-corrected chi connectivity index (χ0v) is 9.59. The van der Waals surface area contributed by atoms with Gasteiger partial charge in [-0.05, 0) is 0 Å². The molecule has 0 saturated heterocycles. The van der Waals surface area contributed by atoms with Crippen LogP contribution in [0.15, 0.2) is 18.2 Å². The SMILES string of the molecule is N#[N+]c1ccc([N+](=O)[O-])cc1[N+](=O)[O-].O=S(=O)(O)O. The Labute approximate surface area is 104 Å². The summed E-state index contributed by atoms with van der Waals surface area (Å²) in [7, 11) is -4.67. The van der Waals surface area contributed by atoms with Crippen LogP contribution in [-0.4, -0.2) is 27.4 Å². The van der Waals surface area contributed by atoms with E-state index in [1.54, 1.807) is 0 Å². The van der Waals surface area contributed by atoms with Gasteiger partial charge in [-0.15, -0.1) is 0 Å². The van der Waals surface area contributed by atoms with Gasteiger partial charge in [0.25, 0.3) is 5.69 Å². The first-order valence-electron chi connectivity index (χ1n) is 4.04. The summed E-state index contributed by atoms with van der Waals surface area (Å²) < 4.78 is 31.6. The Morgan fingerprint density at radius 1 is 1.16 bits per heavy atom. The number of benzene rings is 1. The van der Waals surface area contributed by atoms with Crippen LogP contribution >= 0.6 is 0 Å². The van der Waals surface area contributed by atoms with Gasteiger partial charge in [-0.2, -0.15) is 8.42 Å². The molecule has 0 aromatic heterocycles. The lowest BCUT2D eigenvalue weighted by Gasteiger charge is -1.88. The van der Waals surface area contributed by atoms with Gasteiger partial charge in [0.05, 0.1) is 9.85 Å². The normalized spacial score (nSPS) is 9.74. The summed E-state index contributed by atoms with van der Waals surface area (Å²) in [5.74, 6) is 0. The average molecular weight is 293 g/mol. The van der Waals surface area contributed by atoms with Crippen molar-refractivity contribution in [3.63, 3.8) is 0 Å². The maximum Gasteiger partial charge on any atom is 0.461 e. The largest absolute Gasteiger partial charge is 0.461 e. The molecule has 0 fully saturated rings. The molecule has 0 heterocycles. The number of rotatable bonds is 2. The van der Waals surface area contributed by atoms with E-state index in [9.17, 15) is 20.2 Å². The molecule has 0 saturated carbocycles. The van der Waals surface area contributed by atoms with Crippen LogP contribution < -0.4 is 0 Å². The molecule has 2 N–H and O–H groups in total. The molecule has 0 amide bonds. The molecule has 0 radical (unpaired) electrons. The summed E-state index contributed by atoms with van der Waals surface area (Å²) in [5, 5.41) is 29.0. The Balaban J connectivity index is 0.000000555. The molecule has 0 bridgehead atoms. The monoisotopic (exact) mass is 293 g/mol. The van der Waals surface area contributed by atoms with Gasteiger partial charge in [0.1, 0.15) is 6.07 Å². The summed E-state index contributed by atoms with van der Waals surface area (Å²) in [6.07, 6.45) is 0. The maximum absolute atomic E-state index is 10.4. The van der Waals surface area contributed by atoms with Crippen LogP contribution in [0.25, 0.3) is 4.98 Å². The highest BCUT2D eigenvalue weighted by molar-refractivity contribution is 7.79. The van der Waals surface area contributed by atoms with E-state index in [1.165, 1.54) is 0 Å². The van der Waals surface area contributed by atoms with Crippen molar-refractivity contribution in [2.24, 2.45) is 0 Å². The second-order valence-electron chi connectivity index (χ2n) is 2.74. The van der Waals surface area contributed by atoms with E-state index in [2.05, 4.69) is 4.98 Å². The van der Waals surface area contributed by atoms with Crippen LogP contribution in [0.5, 0.6) is 0 Å². The van der Waals surface area contributed by atoms with Crippen molar-refractivity contribution in [2.75, 3.05) is 0 Å². The van der Waals surface area contributed by atoms with Crippen LogP contribution in [0.1, 0.15) is 0 Å². The standard InChI is InChI=1S/C6H3N4O4.H2O4S/c7-8-5-2-1-4(9(11)12)3-6(5)10(13)14;1-5(2,3)4/h1-3H;(H2,1,2,3,4)/q+1;. The van der Waals surface area contributed by atoms with Gasteiger partial charge in [0.15, 0.2) is 4.98 Å². The predicted molar refractivity (Wildman–Crippen MR) is 58.7 cm³/mol. The summed E-state index contributed by atoms with van der Waals surface area (Å²) in [4.78, 5) is 21.6. The number of hydrogen-bond donors (Lipinski definition) is 2. The van der Waals surface area contributed by atoms with Gasteiger partial charge >= 0.3 is 21.8 Å². The molecule has 0 aliphatic heterocycles. The lowest BCUT2D eigenvalue weighted by Crippen LogP contribution is -1.92. The van der Waals surface area contributed by atoms with Crippen molar-refractivity contribution in [3.05, 3.63) is 43.4 Å². The Morgan fingerprint density at radius 2 is 1.63 bits per heavy atom. The highest BCUT2D eigenvalue weighted by Crippen LogP contribution is 2.30. The lowest BCUT2D eigenvalue weighted by molar-refractivity contribution is -0.393. The van der Waals surface area contributed by atoms with E-state index in [0.29, 0.717) is 0 Å². The van der Waals surface area contributed by atoms with Crippen LogP contribution in [0.4, 0.5) is 17.1 Å². The minimum atomic E-state index is -4.67. The summed E-state index contributed by atoms with van der Waals surface area (Å²) >= 11 is 0. The van der Waals surface area contributed by atoms with E-state index >= 15 is 0 Å². The first-order valence-corrected chi connectivity index (χ1v) is 5.43. The quantitative estimate of drug-likeness (QED) is 0.350. The van der Waals surface area contributed by atoms with Crippen molar-refractivity contribution >= 4 is 27.5 Å². The first kappa shape index (κ1) is 16.3. The minimum absolute atomic E-state index is 0.319. The molecule has 0 spiro atoms. The number of hydrogen-bond acceptors (Lipinski definition) is 7. The molecule has 12 nitrogen and oxygen atoms in total. The Morgan fingerprint density at radius 3 is 1.95 bits per heavy atom. The number of non-ortho nitro benzene ring substituents is 1. The third-order valence-electron chi connectivity index (χ3n) is 1.47. The van der Waals surface area contributed by atoms with Gasteiger partial charge in [0, 0.05) is 12.1 Å². The summed E-state index contributed by atoms with van der Waals surface area (Å²) in [5.41, 5.74) is -1.36. The van der Waals surface area contributed by atoms with Crippen molar-refractivity contribution < 1.29 is 27.4 Å². The number of nitrogens with zero attached hydrogens (tertiary/aromatic N) is 4.